The fraction of sp³-hybridized carbons (Fsp3) is 0.630. The van der Waals surface area contributed by atoms with Crippen LogP contribution in [0.4, 0.5) is 9.59 Å². The number of fused-ring (bicyclic) bond motifs is 1. The van der Waals surface area contributed by atoms with Crippen LogP contribution in [0, 0.1) is 6.92 Å². The molecule has 4 rings (SSSR count). The highest BCUT2D eigenvalue weighted by Gasteiger charge is 2.40. The molecule has 2 aliphatic rings. The van der Waals surface area contributed by atoms with Crippen LogP contribution in [0.3, 0.4) is 0 Å². The molecule has 1 atom stereocenters. The third kappa shape index (κ3) is 6.80. The van der Waals surface area contributed by atoms with E-state index in [1.54, 1.807) is 15.1 Å². The van der Waals surface area contributed by atoms with Gasteiger partial charge in [0, 0.05) is 19.1 Å². The van der Waals surface area contributed by atoms with E-state index in [1.165, 1.54) is 6.42 Å². The minimum absolute atomic E-state index is 0.120. The van der Waals surface area contributed by atoms with Gasteiger partial charge in [-0.3, -0.25) is 5.32 Å². The molecule has 3 N–H and O–H groups in total. The van der Waals surface area contributed by atoms with Gasteiger partial charge in [-0.05, 0) is 52.7 Å². The number of nitrogens with zero attached hydrogens (tertiary/aromatic N) is 4. The van der Waals surface area contributed by atoms with E-state index in [9.17, 15) is 14.4 Å². The van der Waals surface area contributed by atoms with Crippen molar-refractivity contribution in [1.29, 1.82) is 0 Å². The Bertz CT molecular complexity index is 1120. The lowest BCUT2D eigenvalue weighted by Gasteiger charge is -2.40. The number of para-hydroxylation sites is 2. The van der Waals surface area contributed by atoms with Gasteiger partial charge in [-0.15, -0.1) is 0 Å². The minimum Gasteiger partial charge on any atom is -0.444 e. The maximum absolute atomic E-state index is 13.5. The number of rotatable bonds is 5. The molecule has 10 nitrogen and oxygen atoms in total. The molecule has 4 amide bonds. The van der Waals surface area contributed by atoms with Gasteiger partial charge in [0.25, 0.3) is 0 Å². The van der Waals surface area contributed by atoms with E-state index < -0.39 is 17.7 Å². The topological polar surface area (TPSA) is 113 Å². The fourth-order valence-electron chi connectivity index (χ4n) is 5.22. The van der Waals surface area contributed by atoms with Crippen LogP contribution in [0.1, 0.15) is 58.7 Å². The third-order valence-electron chi connectivity index (χ3n) is 7.10. The Kier molecular flexibility index (Phi) is 8.36. The highest BCUT2D eigenvalue weighted by Crippen LogP contribution is 2.20. The Morgan fingerprint density at radius 2 is 1.84 bits per heavy atom. The molecular formula is C27H41N6O4+. The lowest BCUT2D eigenvalue weighted by atomic mass is 9.95. The zero-order valence-corrected chi connectivity index (χ0v) is 22.5. The normalized spacial score (nSPS) is 19.2. The number of aryl methyl sites for hydroxylation is 1. The largest absolute Gasteiger partial charge is 0.444 e. The summed E-state index contributed by atoms with van der Waals surface area (Å²) in [4.78, 5) is 47.2. The predicted molar refractivity (Wildman–Crippen MR) is 140 cm³/mol. The van der Waals surface area contributed by atoms with E-state index in [1.807, 2.05) is 52.0 Å². The maximum Gasteiger partial charge on any atom is 0.410 e. The SMILES string of the molecule is Cc1nc2ccccc2n1CC[NH2+]C(=O)C1CN(C(=O)OC(C)(C)C)CCN1C(=O)NC1CCCCC1. The minimum atomic E-state index is -0.745. The van der Waals surface area contributed by atoms with Crippen molar-refractivity contribution >= 4 is 29.1 Å². The monoisotopic (exact) mass is 513 g/mol. The van der Waals surface area contributed by atoms with Crippen LogP contribution < -0.4 is 10.6 Å². The smallest absolute Gasteiger partial charge is 0.410 e. The summed E-state index contributed by atoms with van der Waals surface area (Å²) in [5.74, 6) is 0.735. The number of ether oxygens (including phenoxy) is 1. The number of imidazole rings is 1. The lowest BCUT2D eigenvalue weighted by Crippen LogP contribution is -2.93. The Hall–Kier alpha value is -3.14. The van der Waals surface area contributed by atoms with E-state index in [4.69, 9.17) is 4.74 Å². The average molecular weight is 514 g/mol. The summed E-state index contributed by atoms with van der Waals surface area (Å²) in [6, 6.07) is 7.11. The summed E-state index contributed by atoms with van der Waals surface area (Å²) in [6.45, 7) is 9.25. The van der Waals surface area contributed by atoms with Gasteiger partial charge in [0.1, 0.15) is 18.0 Å². The molecule has 202 valence electrons. The van der Waals surface area contributed by atoms with Crippen LogP contribution in [-0.2, 0) is 16.1 Å². The number of hydrogen-bond acceptors (Lipinski definition) is 5. The van der Waals surface area contributed by atoms with Gasteiger partial charge in [0.2, 0.25) is 0 Å². The van der Waals surface area contributed by atoms with Gasteiger partial charge in [-0.25, -0.2) is 19.4 Å². The number of quaternary nitrogens is 1. The van der Waals surface area contributed by atoms with Crippen molar-refractivity contribution in [3.8, 4) is 0 Å². The molecule has 0 bridgehead atoms. The number of amides is 4. The highest BCUT2D eigenvalue weighted by atomic mass is 16.6. The maximum atomic E-state index is 13.5. The molecule has 1 unspecified atom stereocenters. The molecule has 1 saturated heterocycles. The van der Waals surface area contributed by atoms with Crippen LogP contribution >= 0.6 is 0 Å². The lowest BCUT2D eigenvalue weighted by molar-refractivity contribution is -0.572. The number of carbonyl (C=O) groups is 3. The number of urea groups is 1. The first kappa shape index (κ1) is 26.9. The average Bonchev–Trinajstić information content (AvgIpc) is 3.18. The van der Waals surface area contributed by atoms with Crippen LogP contribution in [0.5, 0.6) is 0 Å². The second-order valence-electron chi connectivity index (χ2n) is 11.1. The molecule has 2 fully saturated rings. The summed E-state index contributed by atoms with van der Waals surface area (Å²) < 4.78 is 7.64. The highest BCUT2D eigenvalue weighted by molar-refractivity contribution is 5.83. The summed E-state index contributed by atoms with van der Waals surface area (Å²) >= 11 is 0. The first-order valence-corrected chi connectivity index (χ1v) is 13.5. The van der Waals surface area contributed by atoms with Gasteiger partial charge in [0.05, 0.1) is 24.1 Å². The van der Waals surface area contributed by atoms with Crippen molar-refractivity contribution in [2.75, 3.05) is 26.2 Å². The number of benzene rings is 1. The van der Waals surface area contributed by atoms with Crippen LogP contribution in [0.15, 0.2) is 24.3 Å². The van der Waals surface area contributed by atoms with E-state index in [2.05, 4.69) is 14.9 Å². The van der Waals surface area contributed by atoms with Crippen molar-refractivity contribution in [2.24, 2.45) is 0 Å². The summed E-state index contributed by atoms with van der Waals surface area (Å²) in [6.07, 6.45) is 4.88. The summed E-state index contributed by atoms with van der Waals surface area (Å²) in [5, 5.41) is 4.79. The van der Waals surface area contributed by atoms with Crippen LogP contribution in [0.25, 0.3) is 11.0 Å². The zero-order chi connectivity index (χ0) is 26.6. The molecule has 1 saturated carbocycles. The van der Waals surface area contributed by atoms with E-state index in [0.717, 1.165) is 42.5 Å². The number of nitrogens with one attached hydrogen (secondary N) is 1. The van der Waals surface area contributed by atoms with Crippen molar-refractivity contribution in [2.45, 2.75) is 84.0 Å². The van der Waals surface area contributed by atoms with Crippen molar-refractivity contribution in [1.82, 2.24) is 24.7 Å². The molecule has 1 aliphatic carbocycles. The predicted octanol–water partition coefficient (Wildman–Crippen LogP) is 2.40. The molecular weight excluding hydrogens is 472 g/mol. The quantitative estimate of drug-likeness (QED) is 0.638. The van der Waals surface area contributed by atoms with Crippen molar-refractivity contribution in [3.05, 3.63) is 30.1 Å². The first-order chi connectivity index (χ1) is 17.6. The molecule has 1 aliphatic heterocycles. The van der Waals surface area contributed by atoms with E-state index in [0.29, 0.717) is 19.6 Å². The number of piperazine rings is 1. The zero-order valence-electron chi connectivity index (χ0n) is 22.5. The van der Waals surface area contributed by atoms with Gasteiger partial charge in [-0.2, -0.15) is 0 Å². The summed E-state index contributed by atoms with van der Waals surface area (Å²) in [7, 11) is 0. The van der Waals surface area contributed by atoms with Gasteiger partial charge >= 0.3 is 18.0 Å². The molecule has 0 spiro atoms. The van der Waals surface area contributed by atoms with Gasteiger partial charge in [0.15, 0.2) is 6.04 Å². The summed E-state index contributed by atoms with van der Waals surface area (Å²) in [5.41, 5.74) is 1.32. The molecule has 37 heavy (non-hydrogen) atoms. The second kappa shape index (κ2) is 11.5. The van der Waals surface area contributed by atoms with Crippen LogP contribution in [0.2, 0.25) is 0 Å². The molecule has 1 aromatic carbocycles. The Morgan fingerprint density at radius 3 is 2.57 bits per heavy atom. The second-order valence-corrected chi connectivity index (χ2v) is 11.1. The molecule has 1 aromatic heterocycles. The number of primary amides is 1. The molecule has 0 radical (unpaired) electrons. The van der Waals surface area contributed by atoms with Crippen molar-refractivity contribution < 1.29 is 24.4 Å². The van der Waals surface area contributed by atoms with Crippen molar-refractivity contribution in [3.63, 3.8) is 0 Å². The Morgan fingerprint density at radius 1 is 1.11 bits per heavy atom. The number of hydrogen-bond donors (Lipinski definition) is 2. The van der Waals surface area contributed by atoms with E-state index >= 15 is 0 Å². The molecule has 10 heteroatoms. The Balaban J connectivity index is 1.43. The Labute approximate surface area is 218 Å². The number of aromatic nitrogens is 2. The molecule has 2 aromatic rings. The molecule has 2 heterocycles. The number of nitrogens with two attached hydrogens (primary N) is 1. The number of carbonyl (C=O) groups excluding carboxylic acids is 3. The standard InChI is InChI=1S/C27H40N6O4/c1-19-29-21-12-8-9-13-22(21)32(19)15-14-28-24(34)23-18-31(26(36)37-27(2,3)4)16-17-33(23)25(35)30-20-10-6-5-7-11-20/h8-9,12-13,20,23H,5-7,10-11,14-18H2,1-4H3,(H,28,34)(H,30,35)/p+1. The van der Waals surface area contributed by atoms with Crippen LogP contribution in [-0.4, -0.2) is 81.2 Å². The third-order valence-corrected chi connectivity index (χ3v) is 7.10. The van der Waals surface area contributed by atoms with E-state index in [-0.39, 0.29) is 31.1 Å². The first-order valence-electron chi connectivity index (χ1n) is 13.5. The fourth-order valence-corrected chi connectivity index (χ4v) is 5.22. The van der Waals surface area contributed by atoms with Gasteiger partial charge < -0.3 is 24.4 Å². The van der Waals surface area contributed by atoms with Gasteiger partial charge in [-0.1, -0.05) is 31.4 Å².